The first kappa shape index (κ1) is 19.7. The van der Waals surface area contributed by atoms with Crippen molar-refractivity contribution in [3.63, 3.8) is 0 Å². The monoisotopic (exact) mass is 419 g/mol. The molecule has 0 N–H and O–H groups in total. The number of ether oxygens (including phenoxy) is 4. The fourth-order valence-corrected chi connectivity index (χ4v) is 5.00. The van der Waals surface area contributed by atoms with Crippen LogP contribution in [0.2, 0.25) is 0 Å². The van der Waals surface area contributed by atoms with Crippen molar-refractivity contribution >= 4 is 16.0 Å². The summed E-state index contributed by atoms with van der Waals surface area (Å²) >= 11 is 0. The molecule has 2 aromatic carbocycles. The molecule has 2 aliphatic rings. The Labute approximate surface area is 169 Å². The predicted octanol–water partition coefficient (Wildman–Crippen LogP) is 2.43. The van der Waals surface area contributed by atoms with Gasteiger partial charge in [0.1, 0.15) is 5.75 Å². The average molecular weight is 419 g/mol. The molecule has 0 radical (unpaired) electrons. The molecule has 0 amide bonds. The van der Waals surface area contributed by atoms with E-state index >= 15 is 0 Å². The maximum absolute atomic E-state index is 13.0. The summed E-state index contributed by atoms with van der Waals surface area (Å²) in [5, 5.41) is 0. The Hall–Kier alpha value is -2.62. The summed E-state index contributed by atoms with van der Waals surface area (Å²) in [6.45, 7) is 4.30. The molecular formula is C20H21NO7S. The van der Waals surface area contributed by atoms with Gasteiger partial charge in [0, 0.05) is 19.2 Å². The number of nitrogens with zero attached hydrogens (tertiary/aromatic N) is 1. The van der Waals surface area contributed by atoms with Gasteiger partial charge in [-0.1, -0.05) is 6.07 Å². The van der Waals surface area contributed by atoms with Crippen molar-refractivity contribution in [3.8, 4) is 17.2 Å². The van der Waals surface area contributed by atoms with Crippen LogP contribution in [-0.4, -0.2) is 50.8 Å². The van der Waals surface area contributed by atoms with Crippen LogP contribution in [0.4, 0.5) is 0 Å². The van der Waals surface area contributed by atoms with Gasteiger partial charge in [0.15, 0.2) is 11.5 Å². The van der Waals surface area contributed by atoms with Gasteiger partial charge in [-0.05, 0) is 44.2 Å². The minimum atomic E-state index is -3.76. The van der Waals surface area contributed by atoms with Crippen LogP contribution in [-0.2, 0) is 14.8 Å². The number of rotatable bonds is 4. The van der Waals surface area contributed by atoms with Gasteiger partial charge in [-0.15, -0.1) is 0 Å². The number of sulfonamides is 1. The third-order valence-electron chi connectivity index (χ3n) is 4.65. The van der Waals surface area contributed by atoms with E-state index in [0.717, 1.165) is 0 Å². The minimum absolute atomic E-state index is 0.0407. The van der Waals surface area contributed by atoms with E-state index in [2.05, 4.69) is 0 Å². The van der Waals surface area contributed by atoms with Crippen LogP contribution in [0, 0.1) is 0 Å². The van der Waals surface area contributed by atoms with Crippen molar-refractivity contribution in [2.75, 3.05) is 19.9 Å². The van der Waals surface area contributed by atoms with Crippen LogP contribution >= 0.6 is 0 Å². The van der Waals surface area contributed by atoms with Crippen LogP contribution in [0.25, 0.3) is 0 Å². The van der Waals surface area contributed by atoms with Gasteiger partial charge in [-0.25, -0.2) is 13.2 Å². The Morgan fingerprint density at radius 1 is 1.03 bits per heavy atom. The fraction of sp³-hybridized carbons (Fsp3) is 0.350. The van der Waals surface area contributed by atoms with Crippen molar-refractivity contribution in [3.05, 3.63) is 48.0 Å². The van der Waals surface area contributed by atoms with E-state index in [1.54, 1.807) is 18.2 Å². The van der Waals surface area contributed by atoms with Crippen molar-refractivity contribution in [2.45, 2.75) is 31.0 Å². The molecule has 2 atom stereocenters. The molecule has 0 aromatic heterocycles. The maximum Gasteiger partial charge on any atom is 0.343 e. The fourth-order valence-electron chi connectivity index (χ4n) is 3.37. The summed E-state index contributed by atoms with van der Waals surface area (Å²) in [4.78, 5) is 12.6. The van der Waals surface area contributed by atoms with E-state index in [4.69, 9.17) is 18.9 Å². The zero-order valence-corrected chi connectivity index (χ0v) is 16.8. The molecule has 9 heteroatoms. The van der Waals surface area contributed by atoms with Gasteiger partial charge in [-0.3, -0.25) is 0 Å². The molecule has 2 heterocycles. The first-order valence-electron chi connectivity index (χ1n) is 9.20. The summed E-state index contributed by atoms with van der Waals surface area (Å²) in [6.07, 6.45) is -0.402. The van der Waals surface area contributed by atoms with Crippen molar-refractivity contribution in [2.24, 2.45) is 0 Å². The first-order chi connectivity index (χ1) is 13.8. The van der Waals surface area contributed by atoms with Crippen LogP contribution < -0.4 is 14.2 Å². The Morgan fingerprint density at radius 2 is 1.76 bits per heavy atom. The second-order valence-electron chi connectivity index (χ2n) is 7.01. The summed E-state index contributed by atoms with van der Waals surface area (Å²) in [6, 6.07) is 10.6. The Balaban J connectivity index is 1.54. The Kier molecular flexibility index (Phi) is 5.20. The van der Waals surface area contributed by atoms with Crippen LogP contribution in [0.15, 0.2) is 47.4 Å². The van der Waals surface area contributed by atoms with Crippen LogP contribution in [0.5, 0.6) is 17.2 Å². The lowest BCUT2D eigenvalue weighted by atomic mass is 10.2. The number of hydrogen-bond donors (Lipinski definition) is 0. The highest BCUT2D eigenvalue weighted by atomic mass is 32.2. The van der Waals surface area contributed by atoms with E-state index in [1.807, 2.05) is 13.8 Å². The first-order valence-corrected chi connectivity index (χ1v) is 10.6. The SMILES string of the molecule is C[C@@H]1CN(S(=O)(=O)c2cccc(C(=O)Oc3ccc4c(c3)OCO4)c2)C[C@@H](C)O1. The number of fused-ring (bicyclic) bond motifs is 1. The zero-order chi connectivity index (χ0) is 20.6. The summed E-state index contributed by atoms with van der Waals surface area (Å²) < 4.78 is 48.9. The lowest BCUT2D eigenvalue weighted by Crippen LogP contribution is -2.48. The molecule has 1 fully saturated rings. The number of morpholine rings is 1. The second kappa shape index (κ2) is 7.66. The van der Waals surface area contributed by atoms with Crippen molar-refractivity contribution in [1.29, 1.82) is 0 Å². The zero-order valence-electron chi connectivity index (χ0n) is 16.0. The van der Waals surface area contributed by atoms with Gasteiger partial charge in [0.05, 0.1) is 22.7 Å². The molecule has 29 heavy (non-hydrogen) atoms. The van der Waals surface area contributed by atoms with Gasteiger partial charge in [-0.2, -0.15) is 4.31 Å². The van der Waals surface area contributed by atoms with E-state index in [0.29, 0.717) is 11.5 Å². The normalized spacial score (nSPS) is 21.7. The number of benzene rings is 2. The second-order valence-corrected chi connectivity index (χ2v) is 8.95. The highest BCUT2D eigenvalue weighted by molar-refractivity contribution is 7.89. The van der Waals surface area contributed by atoms with Crippen LogP contribution in [0.3, 0.4) is 0 Å². The van der Waals surface area contributed by atoms with E-state index in [9.17, 15) is 13.2 Å². The molecule has 0 bridgehead atoms. The standard InChI is InChI=1S/C20H21NO7S/c1-13-10-21(11-14(2)27-13)29(23,24)17-5-3-4-15(8-17)20(22)28-16-6-7-18-19(9-16)26-12-25-18/h3-9,13-14H,10-12H2,1-2H3/t13-,14-/m1/s1. The summed E-state index contributed by atoms with van der Waals surface area (Å²) in [5.74, 6) is 0.682. The lowest BCUT2D eigenvalue weighted by Gasteiger charge is -2.34. The smallest absolute Gasteiger partial charge is 0.343 e. The molecular weight excluding hydrogens is 398 g/mol. The van der Waals surface area contributed by atoms with E-state index < -0.39 is 16.0 Å². The number of hydrogen-bond acceptors (Lipinski definition) is 7. The molecule has 0 saturated carbocycles. The van der Waals surface area contributed by atoms with E-state index in [-0.39, 0.29) is 48.3 Å². The molecule has 8 nitrogen and oxygen atoms in total. The largest absolute Gasteiger partial charge is 0.454 e. The van der Waals surface area contributed by atoms with Crippen molar-refractivity contribution in [1.82, 2.24) is 4.31 Å². The Morgan fingerprint density at radius 3 is 2.52 bits per heavy atom. The molecule has 0 spiro atoms. The maximum atomic E-state index is 13.0. The Bertz CT molecular complexity index is 1030. The van der Waals surface area contributed by atoms with Gasteiger partial charge >= 0.3 is 5.97 Å². The summed E-state index contributed by atoms with van der Waals surface area (Å²) in [7, 11) is -3.76. The number of esters is 1. The lowest BCUT2D eigenvalue weighted by molar-refractivity contribution is -0.0440. The predicted molar refractivity (Wildman–Crippen MR) is 103 cm³/mol. The molecule has 0 aliphatic carbocycles. The van der Waals surface area contributed by atoms with Gasteiger partial charge in [0.2, 0.25) is 16.8 Å². The third-order valence-corrected chi connectivity index (χ3v) is 6.48. The molecule has 4 rings (SSSR count). The van der Waals surface area contributed by atoms with Crippen LogP contribution in [0.1, 0.15) is 24.2 Å². The summed E-state index contributed by atoms with van der Waals surface area (Å²) in [5.41, 5.74) is 0.137. The molecule has 1 saturated heterocycles. The molecule has 0 unspecified atom stereocenters. The van der Waals surface area contributed by atoms with E-state index in [1.165, 1.54) is 28.6 Å². The highest BCUT2D eigenvalue weighted by Crippen LogP contribution is 2.35. The third kappa shape index (κ3) is 4.07. The van der Waals surface area contributed by atoms with Crippen molar-refractivity contribution < 1.29 is 32.2 Å². The number of carbonyl (C=O) groups is 1. The average Bonchev–Trinajstić information content (AvgIpc) is 3.15. The molecule has 154 valence electrons. The topological polar surface area (TPSA) is 91.4 Å². The molecule has 2 aliphatic heterocycles. The van der Waals surface area contributed by atoms with Gasteiger partial charge < -0.3 is 18.9 Å². The highest BCUT2D eigenvalue weighted by Gasteiger charge is 2.32. The van der Waals surface area contributed by atoms with Gasteiger partial charge in [0.25, 0.3) is 0 Å². The number of carbonyl (C=O) groups excluding carboxylic acids is 1. The minimum Gasteiger partial charge on any atom is -0.454 e. The quantitative estimate of drug-likeness (QED) is 0.555. The molecule has 2 aromatic rings.